The number of fused-ring (bicyclic) bond motifs is 1. The Labute approximate surface area is 197 Å². The smallest absolute Gasteiger partial charge is 0.339 e. The van der Waals surface area contributed by atoms with Gasteiger partial charge in [0.2, 0.25) is 0 Å². The van der Waals surface area contributed by atoms with E-state index in [-0.39, 0.29) is 27.6 Å². The second-order valence-corrected chi connectivity index (χ2v) is 11.1. The minimum absolute atomic E-state index is 0.0697. The van der Waals surface area contributed by atoms with E-state index in [4.69, 9.17) is 0 Å². The monoisotopic (exact) mass is 504 g/mol. The van der Waals surface area contributed by atoms with Crippen molar-refractivity contribution in [2.24, 2.45) is 0 Å². The lowest BCUT2D eigenvalue weighted by Crippen LogP contribution is -2.35. The van der Waals surface area contributed by atoms with Crippen molar-refractivity contribution in [1.29, 1.82) is 0 Å². The van der Waals surface area contributed by atoms with Crippen LogP contribution < -0.4 is 9.03 Å². The number of nitrogens with zero attached hydrogens (tertiary/aromatic N) is 1. The predicted molar refractivity (Wildman–Crippen MR) is 124 cm³/mol. The third kappa shape index (κ3) is 4.48. The van der Waals surface area contributed by atoms with Gasteiger partial charge in [-0.3, -0.25) is 9.03 Å². The van der Waals surface area contributed by atoms with E-state index in [1.807, 2.05) is 0 Å². The summed E-state index contributed by atoms with van der Waals surface area (Å²) in [6, 6.07) is 14.8. The molecule has 1 aliphatic rings. The fourth-order valence-electron chi connectivity index (χ4n) is 3.78. The van der Waals surface area contributed by atoms with Gasteiger partial charge in [-0.05, 0) is 66.9 Å². The van der Waals surface area contributed by atoms with E-state index in [1.54, 1.807) is 6.07 Å². The van der Waals surface area contributed by atoms with E-state index in [9.17, 15) is 26.0 Å². The second kappa shape index (κ2) is 9.07. The Bertz CT molecular complexity index is 1460. The highest BCUT2D eigenvalue weighted by Crippen LogP contribution is 2.35. The number of nitrogens with one attached hydrogen (secondary N) is 1. The molecule has 0 radical (unpaired) electrons. The minimum atomic E-state index is -4.20. The Balaban J connectivity index is 1.71. The number of ether oxygens (including phenoxy) is 1. The molecule has 4 rings (SSSR count). The summed E-state index contributed by atoms with van der Waals surface area (Å²) >= 11 is 0. The van der Waals surface area contributed by atoms with E-state index < -0.39 is 31.8 Å². The van der Waals surface area contributed by atoms with Gasteiger partial charge < -0.3 is 4.74 Å². The van der Waals surface area contributed by atoms with Gasteiger partial charge in [-0.2, -0.15) is 0 Å². The predicted octanol–water partition coefficient (Wildman–Crippen LogP) is 3.55. The number of rotatable bonds is 6. The number of anilines is 2. The van der Waals surface area contributed by atoms with E-state index in [1.165, 1.54) is 52.8 Å². The van der Waals surface area contributed by atoms with E-state index in [0.717, 1.165) is 24.8 Å². The molecule has 34 heavy (non-hydrogen) atoms. The van der Waals surface area contributed by atoms with Crippen molar-refractivity contribution in [3.8, 4) is 0 Å². The molecule has 11 heteroatoms. The largest absolute Gasteiger partial charge is 0.465 e. The highest BCUT2D eigenvalue weighted by atomic mass is 32.2. The fourth-order valence-corrected chi connectivity index (χ4v) is 6.56. The first-order valence-corrected chi connectivity index (χ1v) is 13.2. The van der Waals surface area contributed by atoms with Crippen LogP contribution in [0.5, 0.6) is 0 Å². The topological polar surface area (TPSA) is 110 Å². The number of benzene rings is 3. The average Bonchev–Trinajstić information content (AvgIpc) is 2.83. The number of hydrogen-bond donors (Lipinski definition) is 1. The summed E-state index contributed by atoms with van der Waals surface area (Å²) in [5.41, 5.74) is 1.06. The van der Waals surface area contributed by atoms with Gasteiger partial charge in [0.25, 0.3) is 20.0 Å². The van der Waals surface area contributed by atoms with Gasteiger partial charge in [0, 0.05) is 6.54 Å². The maximum absolute atomic E-state index is 13.3. The van der Waals surface area contributed by atoms with Crippen LogP contribution in [0.4, 0.5) is 15.8 Å². The van der Waals surface area contributed by atoms with Crippen LogP contribution in [-0.4, -0.2) is 36.5 Å². The van der Waals surface area contributed by atoms with Gasteiger partial charge in [0.1, 0.15) is 10.7 Å². The van der Waals surface area contributed by atoms with Crippen molar-refractivity contribution in [2.75, 3.05) is 22.7 Å². The normalized spacial score (nSPS) is 13.8. The summed E-state index contributed by atoms with van der Waals surface area (Å²) in [5, 5.41) is 0. The first-order valence-electron chi connectivity index (χ1n) is 10.2. The Hall–Kier alpha value is -3.44. The molecule has 3 aromatic carbocycles. The summed E-state index contributed by atoms with van der Waals surface area (Å²) in [6.07, 6.45) is 1.19. The van der Waals surface area contributed by atoms with Crippen LogP contribution in [-0.2, 0) is 31.2 Å². The molecule has 178 valence electrons. The van der Waals surface area contributed by atoms with Gasteiger partial charge >= 0.3 is 5.97 Å². The van der Waals surface area contributed by atoms with Gasteiger partial charge in [0.05, 0.1) is 28.9 Å². The fraction of sp³-hybridized carbons (Fsp3) is 0.174. The molecule has 0 aliphatic carbocycles. The third-order valence-corrected chi connectivity index (χ3v) is 8.66. The molecular weight excluding hydrogens is 483 g/mol. The average molecular weight is 505 g/mol. The zero-order chi connectivity index (χ0) is 24.5. The van der Waals surface area contributed by atoms with Crippen molar-refractivity contribution in [2.45, 2.75) is 22.6 Å². The molecule has 0 spiro atoms. The van der Waals surface area contributed by atoms with Crippen LogP contribution in [0.1, 0.15) is 22.3 Å². The number of aryl methyl sites for hydroxylation is 1. The van der Waals surface area contributed by atoms with Crippen LogP contribution in [0, 0.1) is 5.82 Å². The van der Waals surface area contributed by atoms with Crippen LogP contribution in [0.3, 0.4) is 0 Å². The van der Waals surface area contributed by atoms with Crippen LogP contribution >= 0.6 is 0 Å². The SMILES string of the molecule is COC(=O)c1ccccc1S(=O)(=O)Nc1ccc2c(c1)N(S(=O)(=O)c1ccc(F)cc1)CCC2. The van der Waals surface area contributed by atoms with E-state index in [0.29, 0.717) is 18.5 Å². The molecule has 0 bridgehead atoms. The zero-order valence-electron chi connectivity index (χ0n) is 18.1. The lowest BCUT2D eigenvalue weighted by atomic mass is 10.0. The molecule has 8 nitrogen and oxygen atoms in total. The Morgan fingerprint density at radius 3 is 2.41 bits per heavy atom. The number of carbonyl (C=O) groups is 1. The number of sulfonamides is 2. The van der Waals surface area contributed by atoms with Crippen molar-refractivity contribution < 1.29 is 30.8 Å². The molecule has 0 saturated heterocycles. The Morgan fingerprint density at radius 2 is 1.71 bits per heavy atom. The number of hydrogen-bond acceptors (Lipinski definition) is 6. The summed E-state index contributed by atoms with van der Waals surface area (Å²) in [6.45, 7) is 0.189. The van der Waals surface area contributed by atoms with Crippen LogP contribution in [0.25, 0.3) is 0 Å². The number of carbonyl (C=O) groups excluding carboxylic acids is 1. The molecular formula is C23H21FN2O6S2. The van der Waals surface area contributed by atoms with Gasteiger partial charge in [-0.25, -0.2) is 26.0 Å². The number of halogens is 1. The third-order valence-electron chi connectivity index (χ3n) is 5.40. The van der Waals surface area contributed by atoms with Crippen LogP contribution in [0.2, 0.25) is 0 Å². The standard InChI is InChI=1S/C23H21FN2O6S2/c1-32-23(27)20-6-2-3-7-22(20)33(28,29)25-18-11-8-16-5-4-14-26(21(16)15-18)34(30,31)19-12-9-17(24)10-13-19/h2-3,6-13,15,25H,4-5,14H2,1H3. The van der Waals surface area contributed by atoms with Crippen molar-refractivity contribution in [1.82, 2.24) is 0 Å². The maximum Gasteiger partial charge on any atom is 0.339 e. The van der Waals surface area contributed by atoms with Gasteiger partial charge in [-0.1, -0.05) is 18.2 Å². The van der Waals surface area contributed by atoms with E-state index in [2.05, 4.69) is 9.46 Å². The molecule has 1 heterocycles. The Morgan fingerprint density at radius 1 is 1.00 bits per heavy atom. The minimum Gasteiger partial charge on any atom is -0.465 e. The van der Waals surface area contributed by atoms with Crippen molar-refractivity contribution in [3.05, 3.63) is 83.7 Å². The lowest BCUT2D eigenvalue weighted by molar-refractivity contribution is 0.0596. The Kier molecular flexibility index (Phi) is 6.32. The number of methoxy groups -OCH3 is 1. The van der Waals surface area contributed by atoms with Gasteiger partial charge in [-0.15, -0.1) is 0 Å². The van der Waals surface area contributed by atoms with Crippen LogP contribution in [0.15, 0.2) is 76.5 Å². The highest BCUT2D eigenvalue weighted by molar-refractivity contribution is 7.93. The molecule has 0 atom stereocenters. The molecule has 0 fully saturated rings. The molecule has 1 aliphatic heterocycles. The van der Waals surface area contributed by atoms with Gasteiger partial charge in [0.15, 0.2) is 0 Å². The highest BCUT2D eigenvalue weighted by Gasteiger charge is 2.30. The molecule has 0 unspecified atom stereocenters. The molecule has 1 N–H and O–H groups in total. The molecule has 0 amide bonds. The molecule has 0 aromatic heterocycles. The quantitative estimate of drug-likeness (QED) is 0.514. The number of esters is 1. The maximum atomic E-state index is 13.3. The first kappa shape index (κ1) is 23.7. The van der Waals surface area contributed by atoms with Crippen molar-refractivity contribution in [3.63, 3.8) is 0 Å². The van der Waals surface area contributed by atoms with Crippen molar-refractivity contribution >= 4 is 37.4 Å². The molecule has 3 aromatic rings. The summed E-state index contributed by atoms with van der Waals surface area (Å²) in [5.74, 6) is -1.36. The summed E-state index contributed by atoms with van der Waals surface area (Å²) in [7, 11) is -7.04. The first-order chi connectivity index (χ1) is 16.1. The second-order valence-electron chi connectivity index (χ2n) is 7.57. The summed E-state index contributed by atoms with van der Waals surface area (Å²) < 4.78 is 74.2. The van der Waals surface area contributed by atoms with E-state index >= 15 is 0 Å². The summed E-state index contributed by atoms with van der Waals surface area (Å²) in [4.78, 5) is 11.7. The zero-order valence-corrected chi connectivity index (χ0v) is 19.7. The lowest BCUT2D eigenvalue weighted by Gasteiger charge is -2.31. The molecule has 0 saturated carbocycles.